The summed E-state index contributed by atoms with van der Waals surface area (Å²) < 4.78 is 5.75. The van der Waals surface area contributed by atoms with Gasteiger partial charge in [-0.05, 0) is 25.7 Å². The lowest BCUT2D eigenvalue weighted by Gasteiger charge is -2.08. The molecule has 82 valence electrons. The first-order valence-electron chi connectivity index (χ1n) is 5.64. The Morgan fingerprint density at radius 1 is 1.33 bits per heavy atom. The van der Waals surface area contributed by atoms with Crippen molar-refractivity contribution in [2.75, 3.05) is 6.54 Å². The van der Waals surface area contributed by atoms with E-state index in [1.807, 2.05) is 0 Å². The molecule has 1 aromatic rings. The van der Waals surface area contributed by atoms with E-state index in [2.05, 4.69) is 15.2 Å². The first-order chi connectivity index (χ1) is 7.36. The minimum Gasteiger partial charge on any atom is -0.366 e. The number of aromatic amines is 1. The predicted molar refractivity (Wildman–Crippen MR) is 54.3 cm³/mol. The van der Waals surface area contributed by atoms with Crippen molar-refractivity contribution in [3.8, 4) is 0 Å². The van der Waals surface area contributed by atoms with E-state index in [4.69, 9.17) is 10.5 Å². The first-order valence-corrected chi connectivity index (χ1v) is 5.64. The second kappa shape index (κ2) is 3.57. The lowest BCUT2D eigenvalue weighted by atomic mass is 10.2. The van der Waals surface area contributed by atoms with Crippen LogP contribution in [0.1, 0.15) is 49.4 Å². The van der Waals surface area contributed by atoms with E-state index in [-0.39, 0.29) is 12.2 Å². The lowest BCUT2D eigenvalue weighted by Crippen LogP contribution is -2.19. The highest BCUT2D eigenvalue weighted by atomic mass is 16.5. The van der Waals surface area contributed by atoms with Crippen molar-refractivity contribution in [2.45, 2.75) is 43.8 Å². The normalized spacial score (nSPS) is 31.0. The highest BCUT2D eigenvalue weighted by Gasteiger charge is 2.31. The zero-order chi connectivity index (χ0) is 10.3. The van der Waals surface area contributed by atoms with Crippen molar-refractivity contribution in [1.82, 2.24) is 15.2 Å². The molecule has 3 N–H and O–H groups in total. The van der Waals surface area contributed by atoms with E-state index in [1.54, 1.807) is 0 Å². The molecule has 2 atom stereocenters. The minimum atomic E-state index is 0.0820. The van der Waals surface area contributed by atoms with E-state index < -0.39 is 0 Å². The third kappa shape index (κ3) is 1.77. The molecule has 3 rings (SSSR count). The number of rotatable bonds is 3. The average Bonchev–Trinajstić information content (AvgIpc) is 2.84. The van der Waals surface area contributed by atoms with Crippen LogP contribution in [0.15, 0.2) is 0 Å². The largest absolute Gasteiger partial charge is 0.366 e. The molecule has 2 aliphatic rings. The van der Waals surface area contributed by atoms with Crippen LogP contribution < -0.4 is 5.73 Å². The molecule has 1 saturated carbocycles. The molecular weight excluding hydrogens is 192 g/mol. The number of aromatic nitrogens is 3. The molecule has 2 heterocycles. The standard InChI is InChI=1S/C10H16N4O/c11-5-7-3-4-8(15-7)10-12-9(13-14-10)6-1-2-6/h6-8H,1-5,11H2,(H,12,13,14). The van der Waals surface area contributed by atoms with Gasteiger partial charge in [0.25, 0.3) is 0 Å². The molecule has 0 aromatic carbocycles. The SMILES string of the molecule is NCC1CCC(c2nc(C3CC3)n[nH]2)O1. The Bertz CT molecular complexity index is 347. The molecule has 2 fully saturated rings. The third-order valence-corrected chi connectivity index (χ3v) is 3.14. The zero-order valence-electron chi connectivity index (χ0n) is 8.65. The Hall–Kier alpha value is -0.940. The molecule has 0 amide bonds. The van der Waals surface area contributed by atoms with E-state index in [1.165, 1.54) is 12.8 Å². The van der Waals surface area contributed by atoms with Crippen molar-refractivity contribution in [2.24, 2.45) is 5.73 Å². The van der Waals surface area contributed by atoms with Gasteiger partial charge in [-0.2, -0.15) is 5.10 Å². The maximum Gasteiger partial charge on any atom is 0.153 e. The van der Waals surface area contributed by atoms with Crippen LogP contribution in [0.2, 0.25) is 0 Å². The summed E-state index contributed by atoms with van der Waals surface area (Å²) in [5.74, 6) is 2.44. The van der Waals surface area contributed by atoms with Crippen LogP contribution in [0.4, 0.5) is 0 Å². The van der Waals surface area contributed by atoms with Gasteiger partial charge in [0.2, 0.25) is 0 Å². The Kier molecular flexibility index (Phi) is 2.21. The molecule has 1 aliphatic heterocycles. The summed E-state index contributed by atoms with van der Waals surface area (Å²) in [5, 5.41) is 7.21. The second-order valence-corrected chi connectivity index (χ2v) is 4.41. The Labute approximate surface area is 88.4 Å². The summed E-state index contributed by atoms with van der Waals surface area (Å²) >= 11 is 0. The van der Waals surface area contributed by atoms with Crippen LogP contribution in [0.5, 0.6) is 0 Å². The number of nitrogens with two attached hydrogens (primary N) is 1. The summed E-state index contributed by atoms with van der Waals surface area (Å²) in [6.45, 7) is 0.597. The van der Waals surface area contributed by atoms with Gasteiger partial charge in [0.05, 0.1) is 6.10 Å². The van der Waals surface area contributed by atoms with Gasteiger partial charge in [0.1, 0.15) is 6.10 Å². The fourth-order valence-corrected chi connectivity index (χ4v) is 2.04. The van der Waals surface area contributed by atoms with Gasteiger partial charge >= 0.3 is 0 Å². The molecule has 5 heteroatoms. The summed E-state index contributed by atoms with van der Waals surface area (Å²) in [5.41, 5.74) is 5.57. The molecule has 15 heavy (non-hydrogen) atoms. The van der Waals surface area contributed by atoms with Crippen molar-refractivity contribution < 1.29 is 4.74 Å². The van der Waals surface area contributed by atoms with Gasteiger partial charge in [-0.1, -0.05) is 0 Å². The van der Waals surface area contributed by atoms with E-state index in [0.29, 0.717) is 12.5 Å². The third-order valence-electron chi connectivity index (χ3n) is 3.14. The monoisotopic (exact) mass is 208 g/mol. The van der Waals surface area contributed by atoms with Gasteiger partial charge in [0, 0.05) is 12.5 Å². The molecule has 1 saturated heterocycles. The summed E-state index contributed by atoms with van der Waals surface area (Å²) in [6, 6.07) is 0. The predicted octanol–water partition coefficient (Wildman–Crippen LogP) is 0.861. The molecule has 1 aromatic heterocycles. The molecule has 0 bridgehead atoms. The molecule has 0 radical (unpaired) electrons. The van der Waals surface area contributed by atoms with Crippen molar-refractivity contribution >= 4 is 0 Å². The van der Waals surface area contributed by atoms with Crippen LogP contribution in [0.25, 0.3) is 0 Å². The fourth-order valence-electron chi connectivity index (χ4n) is 2.04. The number of nitrogens with one attached hydrogen (secondary N) is 1. The second-order valence-electron chi connectivity index (χ2n) is 4.41. The Morgan fingerprint density at radius 2 is 2.20 bits per heavy atom. The van der Waals surface area contributed by atoms with Crippen molar-refractivity contribution in [3.63, 3.8) is 0 Å². The molecule has 1 aliphatic carbocycles. The van der Waals surface area contributed by atoms with Crippen LogP contribution in [0, 0.1) is 0 Å². The van der Waals surface area contributed by atoms with E-state index in [9.17, 15) is 0 Å². The van der Waals surface area contributed by atoms with E-state index >= 15 is 0 Å². The number of H-pyrrole nitrogens is 1. The number of hydrogen-bond acceptors (Lipinski definition) is 4. The van der Waals surface area contributed by atoms with Crippen LogP contribution >= 0.6 is 0 Å². The van der Waals surface area contributed by atoms with E-state index in [0.717, 1.165) is 24.5 Å². The highest BCUT2D eigenvalue weighted by Crippen LogP contribution is 2.39. The number of hydrogen-bond donors (Lipinski definition) is 2. The smallest absolute Gasteiger partial charge is 0.153 e. The summed E-state index contributed by atoms with van der Waals surface area (Å²) in [6.07, 6.45) is 4.77. The quantitative estimate of drug-likeness (QED) is 0.772. The topological polar surface area (TPSA) is 76.8 Å². The van der Waals surface area contributed by atoms with Gasteiger partial charge in [-0.15, -0.1) is 0 Å². The molecule has 2 unspecified atom stereocenters. The summed E-state index contributed by atoms with van der Waals surface area (Å²) in [4.78, 5) is 4.49. The maximum absolute atomic E-state index is 5.75. The van der Waals surface area contributed by atoms with Gasteiger partial charge in [-0.3, -0.25) is 5.10 Å². The molecular formula is C10H16N4O. The first kappa shape index (κ1) is 9.30. The minimum absolute atomic E-state index is 0.0820. The lowest BCUT2D eigenvalue weighted by molar-refractivity contribution is 0.0449. The van der Waals surface area contributed by atoms with Gasteiger partial charge in [0.15, 0.2) is 11.6 Å². The van der Waals surface area contributed by atoms with Gasteiger partial charge in [-0.25, -0.2) is 4.98 Å². The molecule has 5 nitrogen and oxygen atoms in total. The van der Waals surface area contributed by atoms with Crippen LogP contribution in [-0.4, -0.2) is 27.8 Å². The average molecular weight is 208 g/mol. The number of ether oxygens (including phenoxy) is 1. The summed E-state index contributed by atoms with van der Waals surface area (Å²) in [7, 11) is 0. The van der Waals surface area contributed by atoms with Crippen LogP contribution in [-0.2, 0) is 4.74 Å². The molecule has 0 spiro atoms. The van der Waals surface area contributed by atoms with Crippen molar-refractivity contribution in [1.29, 1.82) is 0 Å². The fraction of sp³-hybridized carbons (Fsp3) is 0.800. The Morgan fingerprint density at radius 3 is 2.87 bits per heavy atom. The Balaban J connectivity index is 1.70. The number of nitrogens with zero attached hydrogens (tertiary/aromatic N) is 2. The highest BCUT2D eigenvalue weighted by molar-refractivity contribution is 5.06. The van der Waals surface area contributed by atoms with Gasteiger partial charge < -0.3 is 10.5 Å². The zero-order valence-corrected chi connectivity index (χ0v) is 8.65. The maximum atomic E-state index is 5.75. The van der Waals surface area contributed by atoms with Crippen molar-refractivity contribution in [3.05, 3.63) is 11.6 Å². The van der Waals surface area contributed by atoms with Crippen LogP contribution in [0.3, 0.4) is 0 Å².